The second kappa shape index (κ2) is 10.6. The molecule has 0 aliphatic carbocycles. The van der Waals surface area contributed by atoms with Crippen LogP contribution in [0.2, 0.25) is 18.1 Å². The average molecular weight is 415 g/mol. The molecule has 0 fully saturated rings. The molecule has 4 nitrogen and oxygen atoms in total. The lowest BCUT2D eigenvalue weighted by atomic mass is 9.97. The lowest BCUT2D eigenvalue weighted by molar-refractivity contribution is -0.152. The standard InChI is InChI=1S/C22H39FO4Si/c1-16(17(2)27-28(9,10)22(6,7)8)15-18(23)19(24)13-11-12-14-26-20(25)21(3,4)5/h15-17,19,24H,12,14H2,1-10H3/t16-,17-,19+/m1/s1. The van der Waals surface area contributed by atoms with Crippen molar-refractivity contribution >= 4 is 14.3 Å². The van der Waals surface area contributed by atoms with E-state index in [4.69, 9.17) is 9.16 Å². The third-order valence-corrected chi connectivity index (χ3v) is 9.60. The molecule has 0 aromatic rings. The fourth-order valence-corrected chi connectivity index (χ4v) is 3.37. The summed E-state index contributed by atoms with van der Waals surface area (Å²) in [4.78, 5) is 11.6. The molecule has 0 amide bonds. The van der Waals surface area contributed by atoms with Crippen LogP contribution >= 0.6 is 0 Å². The maximum atomic E-state index is 14.2. The number of esters is 1. The van der Waals surface area contributed by atoms with E-state index < -0.39 is 25.7 Å². The second-order valence-corrected chi connectivity index (χ2v) is 14.6. The van der Waals surface area contributed by atoms with Gasteiger partial charge in [0.05, 0.1) is 5.41 Å². The first-order valence-corrected chi connectivity index (χ1v) is 12.8. The van der Waals surface area contributed by atoms with Crippen LogP contribution in [0.1, 0.15) is 61.8 Å². The molecule has 0 aromatic heterocycles. The van der Waals surface area contributed by atoms with E-state index in [1.807, 2.05) is 13.8 Å². The van der Waals surface area contributed by atoms with Crippen LogP contribution in [0.4, 0.5) is 4.39 Å². The van der Waals surface area contributed by atoms with Gasteiger partial charge in [-0.1, -0.05) is 39.5 Å². The summed E-state index contributed by atoms with van der Waals surface area (Å²) in [5.41, 5.74) is -0.568. The zero-order valence-electron chi connectivity index (χ0n) is 19.3. The van der Waals surface area contributed by atoms with Crippen LogP contribution in [0, 0.1) is 23.2 Å². The van der Waals surface area contributed by atoms with Crippen LogP contribution in [0.5, 0.6) is 0 Å². The van der Waals surface area contributed by atoms with Crippen LogP contribution < -0.4 is 0 Å². The molecule has 0 radical (unpaired) electrons. The summed E-state index contributed by atoms with van der Waals surface area (Å²) >= 11 is 0. The Kier molecular flexibility index (Phi) is 10.1. The zero-order chi connectivity index (χ0) is 22.3. The Hall–Kier alpha value is -1.16. The largest absolute Gasteiger partial charge is 0.464 e. The highest BCUT2D eigenvalue weighted by Crippen LogP contribution is 2.38. The van der Waals surface area contributed by atoms with Gasteiger partial charge >= 0.3 is 5.97 Å². The third-order valence-electron chi connectivity index (χ3n) is 5.02. The number of aliphatic hydroxyl groups is 1. The predicted octanol–water partition coefficient (Wildman–Crippen LogP) is 5.23. The van der Waals surface area contributed by atoms with Crippen LogP contribution in [0.25, 0.3) is 0 Å². The smallest absolute Gasteiger partial charge is 0.311 e. The molecule has 0 aliphatic heterocycles. The molecule has 6 heteroatoms. The maximum Gasteiger partial charge on any atom is 0.311 e. The number of hydrogen-bond acceptors (Lipinski definition) is 4. The SMILES string of the molecule is C[C@H](C=C(F)[C@@H](O)C#CCCOC(=O)C(C)(C)C)[C@@H](C)O[Si](C)(C)C(C)(C)C. The molecule has 0 aliphatic rings. The van der Waals surface area contributed by atoms with Crippen molar-refractivity contribution in [3.05, 3.63) is 11.9 Å². The van der Waals surface area contributed by atoms with Gasteiger partial charge in [0.1, 0.15) is 12.4 Å². The number of halogens is 1. The average Bonchev–Trinajstić information content (AvgIpc) is 2.51. The number of ether oxygens (including phenoxy) is 1. The highest BCUT2D eigenvalue weighted by Gasteiger charge is 2.39. The summed E-state index contributed by atoms with van der Waals surface area (Å²) in [5, 5.41) is 9.97. The van der Waals surface area contributed by atoms with Crippen molar-refractivity contribution in [1.29, 1.82) is 0 Å². The van der Waals surface area contributed by atoms with Crippen molar-refractivity contribution in [2.75, 3.05) is 6.61 Å². The van der Waals surface area contributed by atoms with Gasteiger partial charge in [-0.15, -0.1) is 0 Å². The summed E-state index contributed by atoms with van der Waals surface area (Å²) < 4.78 is 25.6. The number of aliphatic hydroxyl groups excluding tert-OH is 1. The Morgan fingerprint density at radius 1 is 1.18 bits per heavy atom. The Balaban J connectivity index is 4.68. The molecule has 0 aromatic carbocycles. The van der Waals surface area contributed by atoms with E-state index in [-0.39, 0.29) is 36.1 Å². The van der Waals surface area contributed by atoms with Gasteiger partial charge in [0.2, 0.25) is 0 Å². The van der Waals surface area contributed by atoms with E-state index in [0.29, 0.717) is 0 Å². The number of rotatable bonds is 7. The number of hydrogen-bond donors (Lipinski definition) is 1. The highest BCUT2D eigenvalue weighted by molar-refractivity contribution is 6.74. The molecule has 0 unspecified atom stereocenters. The van der Waals surface area contributed by atoms with Gasteiger partial charge in [0.25, 0.3) is 0 Å². The third kappa shape index (κ3) is 9.36. The lowest BCUT2D eigenvalue weighted by Gasteiger charge is -2.39. The quantitative estimate of drug-likeness (QED) is 0.268. The van der Waals surface area contributed by atoms with E-state index in [0.717, 1.165) is 0 Å². The monoisotopic (exact) mass is 414 g/mol. The van der Waals surface area contributed by atoms with Gasteiger partial charge in [0, 0.05) is 18.4 Å². The molecule has 28 heavy (non-hydrogen) atoms. The van der Waals surface area contributed by atoms with Crippen molar-refractivity contribution in [3.8, 4) is 11.8 Å². The molecule has 0 bridgehead atoms. The second-order valence-electron chi connectivity index (χ2n) is 9.85. The van der Waals surface area contributed by atoms with Crippen molar-refractivity contribution in [2.45, 2.75) is 92.2 Å². The van der Waals surface area contributed by atoms with Crippen molar-refractivity contribution < 1.29 is 23.5 Å². The summed E-state index contributed by atoms with van der Waals surface area (Å²) in [5.74, 6) is 3.91. The Morgan fingerprint density at radius 2 is 1.71 bits per heavy atom. The Morgan fingerprint density at radius 3 is 2.18 bits per heavy atom. The minimum Gasteiger partial charge on any atom is -0.464 e. The normalized spacial score (nSPS) is 16.6. The fraction of sp³-hybridized carbons (Fsp3) is 0.773. The summed E-state index contributed by atoms with van der Waals surface area (Å²) in [6.07, 6.45) is -0.0342. The van der Waals surface area contributed by atoms with Crippen molar-refractivity contribution in [1.82, 2.24) is 0 Å². The number of carbonyl (C=O) groups is 1. The molecule has 0 spiro atoms. The molecular formula is C22H39FO4Si. The van der Waals surface area contributed by atoms with Gasteiger partial charge in [0.15, 0.2) is 14.4 Å². The van der Waals surface area contributed by atoms with Crippen LogP contribution in [0.15, 0.2) is 11.9 Å². The molecular weight excluding hydrogens is 375 g/mol. The van der Waals surface area contributed by atoms with Crippen molar-refractivity contribution in [2.24, 2.45) is 11.3 Å². The minimum absolute atomic E-state index is 0.0741. The Labute approximate surface area is 172 Å². The molecule has 0 saturated heterocycles. The predicted molar refractivity (Wildman–Crippen MR) is 115 cm³/mol. The first kappa shape index (κ1) is 26.8. The van der Waals surface area contributed by atoms with Crippen LogP contribution in [0.3, 0.4) is 0 Å². The van der Waals surface area contributed by atoms with E-state index in [2.05, 4.69) is 45.7 Å². The summed E-state index contributed by atoms with van der Waals surface area (Å²) in [6.45, 7) is 20.0. The van der Waals surface area contributed by atoms with E-state index in [9.17, 15) is 14.3 Å². The lowest BCUT2D eigenvalue weighted by Crippen LogP contribution is -2.44. The zero-order valence-corrected chi connectivity index (χ0v) is 20.3. The molecule has 0 saturated carbocycles. The molecule has 162 valence electrons. The topological polar surface area (TPSA) is 55.8 Å². The van der Waals surface area contributed by atoms with Crippen LogP contribution in [-0.4, -0.2) is 38.2 Å². The van der Waals surface area contributed by atoms with Gasteiger partial charge in [-0.2, -0.15) is 0 Å². The summed E-state index contributed by atoms with van der Waals surface area (Å²) in [6, 6.07) is 0. The van der Waals surface area contributed by atoms with Gasteiger partial charge < -0.3 is 14.3 Å². The summed E-state index contributed by atoms with van der Waals surface area (Å²) in [7, 11) is -1.95. The van der Waals surface area contributed by atoms with E-state index in [1.165, 1.54) is 6.08 Å². The van der Waals surface area contributed by atoms with Gasteiger partial charge in [-0.3, -0.25) is 4.79 Å². The number of carbonyl (C=O) groups excluding carboxylic acids is 1. The molecule has 3 atom stereocenters. The fourth-order valence-electron chi connectivity index (χ4n) is 1.88. The first-order chi connectivity index (χ1) is 12.5. The Bertz CT molecular complexity index is 603. The highest BCUT2D eigenvalue weighted by atomic mass is 28.4. The van der Waals surface area contributed by atoms with Crippen LogP contribution in [-0.2, 0) is 14.0 Å². The maximum absolute atomic E-state index is 14.2. The van der Waals surface area contributed by atoms with Gasteiger partial charge in [-0.05, 0) is 51.9 Å². The van der Waals surface area contributed by atoms with E-state index in [1.54, 1.807) is 20.8 Å². The first-order valence-electron chi connectivity index (χ1n) is 9.87. The van der Waals surface area contributed by atoms with Crippen molar-refractivity contribution in [3.63, 3.8) is 0 Å². The minimum atomic E-state index is -1.95. The molecule has 0 heterocycles. The molecule has 0 rings (SSSR count). The van der Waals surface area contributed by atoms with E-state index >= 15 is 0 Å². The van der Waals surface area contributed by atoms with Gasteiger partial charge in [-0.25, -0.2) is 4.39 Å². The molecule has 1 N–H and O–H groups in total.